The van der Waals surface area contributed by atoms with E-state index < -0.39 is 5.60 Å². The van der Waals surface area contributed by atoms with Gasteiger partial charge < -0.3 is 10.0 Å². The Balaban J connectivity index is 1.85. The second-order valence-electron chi connectivity index (χ2n) is 7.57. The van der Waals surface area contributed by atoms with Crippen molar-refractivity contribution in [3.8, 4) is 0 Å². The van der Waals surface area contributed by atoms with Gasteiger partial charge in [-0.15, -0.1) is 0 Å². The van der Waals surface area contributed by atoms with Gasteiger partial charge >= 0.3 is 0 Å². The molecule has 3 aliphatic rings. The first-order valence-corrected chi connectivity index (χ1v) is 8.15. The fourth-order valence-corrected chi connectivity index (χ4v) is 5.81. The highest BCUT2D eigenvalue weighted by molar-refractivity contribution is 5.63. The van der Waals surface area contributed by atoms with E-state index in [0.29, 0.717) is 11.8 Å². The third-order valence-electron chi connectivity index (χ3n) is 6.34. The minimum Gasteiger partial charge on any atom is -0.380 e. The van der Waals surface area contributed by atoms with Crippen molar-refractivity contribution in [2.75, 3.05) is 20.6 Å². The number of rotatable bonds is 2. The second-order valence-corrected chi connectivity index (χ2v) is 7.57. The first-order valence-electron chi connectivity index (χ1n) is 8.15. The number of hydrogen-bond acceptors (Lipinski definition) is 2. The number of nitrogens with zero attached hydrogens (tertiary/aromatic N) is 1. The van der Waals surface area contributed by atoms with Crippen LogP contribution in [-0.2, 0) is 5.60 Å². The molecule has 2 heteroatoms. The van der Waals surface area contributed by atoms with Gasteiger partial charge in [-0.2, -0.15) is 0 Å². The SMILES string of the molecule is CN(C)CC12CC3c4ccccc4C1(O)c1ccccc1C32. The Hall–Kier alpha value is -1.64. The average Bonchev–Trinajstić information content (AvgIpc) is 2.59. The van der Waals surface area contributed by atoms with Crippen molar-refractivity contribution in [2.24, 2.45) is 5.41 Å². The Bertz CT molecular complexity index is 783. The fraction of sp³-hybridized carbons (Fsp3) is 0.400. The second kappa shape index (κ2) is 3.81. The molecule has 0 spiro atoms. The quantitative estimate of drug-likeness (QED) is 0.919. The van der Waals surface area contributed by atoms with E-state index in [2.05, 4.69) is 67.5 Å². The Kier molecular flexibility index (Phi) is 2.23. The molecule has 2 nitrogen and oxygen atoms in total. The minimum absolute atomic E-state index is 0.0563. The Morgan fingerprint density at radius 2 is 1.59 bits per heavy atom. The normalized spacial score (nSPS) is 36.7. The van der Waals surface area contributed by atoms with Gasteiger partial charge in [-0.3, -0.25) is 0 Å². The van der Waals surface area contributed by atoms with Crippen LogP contribution in [0.25, 0.3) is 0 Å². The summed E-state index contributed by atoms with van der Waals surface area (Å²) in [6, 6.07) is 17.1. The molecule has 2 aromatic rings. The highest BCUT2D eigenvalue weighted by Gasteiger charge is 2.74. The first-order chi connectivity index (χ1) is 10.6. The van der Waals surface area contributed by atoms with Gasteiger partial charge in [0.1, 0.15) is 5.60 Å². The lowest BCUT2D eigenvalue weighted by molar-refractivity contribution is -0.140. The lowest BCUT2D eigenvalue weighted by Crippen LogP contribution is -2.62. The highest BCUT2D eigenvalue weighted by Crippen LogP contribution is 2.78. The molecule has 3 aliphatic carbocycles. The summed E-state index contributed by atoms with van der Waals surface area (Å²) in [5, 5.41) is 12.0. The topological polar surface area (TPSA) is 23.5 Å². The maximum atomic E-state index is 12.0. The molecule has 2 aromatic carbocycles. The van der Waals surface area contributed by atoms with Crippen molar-refractivity contribution in [1.82, 2.24) is 4.90 Å². The summed E-state index contributed by atoms with van der Waals surface area (Å²) in [6.07, 6.45) is 1.10. The molecule has 1 N–H and O–H groups in total. The molecule has 0 aliphatic heterocycles. The summed E-state index contributed by atoms with van der Waals surface area (Å²) in [5.41, 5.74) is 4.15. The molecule has 0 heterocycles. The van der Waals surface area contributed by atoms with Crippen LogP contribution in [0.3, 0.4) is 0 Å². The van der Waals surface area contributed by atoms with E-state index in [1.165, 1.54) is 11.1 Å². The Morgan fingerprint density at radius 1 is 1.00 bits per heavy atom. The molecule has 0 aromatic heterocycles. The molecule has 4 atom stereocenters. The predicted octanol–water partition coefficient (Wildman–Crippen LogP) is 3.07. The first kappa shape index (κ1) is 12.9. The van der Waals surface area contributed by atoms with Crippen molar-refractivity contribution in [3.63, 3.8) is 0 Å². The van der Waals surface area contributed by atoms with E-state index in [1.54, 1.807) is 0 Å². The van der Waals surface area contributed by atoms with E-state index in [1.807, 2.05) is 0 Å². The monoisotopic (exact) mass is 291 g/mol. The maximum absolute atomic E-state index is 12.0. The summed E-state index contributed by atoms with van der Waals surface area (Å²) in [7, 11) is 4.24. The van der Waals surface area contributed by atoms with E-state index in [9.17, 15) is 5.11 Å². The summed E-state index contributed by atoms with van der Waals surface area (Å²) < 4.78 is 0. The van der Waals surface area contributed by atoms with Gasteiger partial charge in [0.15, 0.2) is 0 Å². The van der Waals surface area contributed by atoms with Gasteiger partial charge in [-0.05, 0) is 48.7 Å². The van der Waals surface area contributed by atoms with E-state index in [0.717, 1.165) is 24.1 Å². The molecule has 112 valence electrons. The number of fused-ring (bicyclic) bond motifs is 5. The zero-order valence-corrected chi connectivity index (χ0v) is 13.1. The lowest BCUT2D eigenvalue weighted by Gasteiger charge is -2.63. The summed E-state index contributed by atoms with van der Waals surface area (Å²) in [4.78, 5) is 2.24. The molecule has 5 rings (SSSR count). The number of benzene rings is 2. The summed E-state index contributed by atoms with van der Waals surface area (Å²) >= 11 is 0. The molecule has 0 amide bonds. The molecule has 0 radical (unpaired) electrons. The molecular weight excluding hydrogens is 270 g/mol. The van der Waals surface area contributed by atoms with Crippen LogP contribution in [0.4, 0.5) is 0 Å². The van der Waals surface area contributed by atoms with Crippen molar-refractivity contribution in [1.29, 1.82) is 0 Å². The summed E-state index contributed by atoms with van der Waals surface area (Å²) in [5.74, 6) is 1.03. The summed E-state index contributed by atoms with van der Waals surface area (Å²) in [6.45, 7) is 0.938. The van der Waals surface area contributed by atoms with Crippen LogP contribution in [0.15, 0.2) is 48.5 Å². The maximum Gasteiger partial charge on any atom is 0.123 e. The van der Waals surface area contributed by atoms with Gasteiger partial charge in [-0.25, -0.2) is 0 Å². The van der Waals surface area contributed by atoms with Crippen molar-refractivity contribution < 1.29 is 5.11 Å². The molecule has 22 heavy (non-hydrogen) atoms. The largest absolute Gasteiger partial charge is 0.380 e. The van der Waals surface area contributed by atoms with E-state index in [-0.39, 0.29) is 5.41 Å². The number of hydrogen-bond donors (Lipinski definition) is 1. The van der Waals surface area contributed by atoms with Crippen molar-refractivity contribution in [2.45, 2.75) is 23.9 Å². The lowest BCUT2D eigenvalue weighted by atomic mass is 9.42. The minimum atomic E-state index is -0.829. The van der Waals surface area contributed by atoms with E-state index >= 15 is 0 Å². The Morgan fingerprint density at radius 3 is 2.27 bits per heavy atom. The van der Waals surface area contributed by atoms with Crippen molar-refractivity contribution >= 4 is 0 Å². The molecular formula is C20H21NO. The van der Waals surface area contributed by atoms with E-state index in [4.69, 9.17) is 0 Å². The van der Waals surface area contributed by atoms with Crippen LogP contribution < -0.4 is 0 Å². The van der Waals surface area contributed by atoms with Crippen LogP contribution in [0.5, 0.6) is 0 Å². The third kappa shape index (κ3) is 1.15. The van der Waals surface area contributed by atoms with Gasteiger partial charge in [0, 0.05) is 17.9 Å². The molecule has 4 unspecified atom stereocenters. The van der Waals surface area contributed by atoms with Crippen LogP contribution in [0.1, 0.15) is 40.5 Å². The zero-order chi connectivity index (χ0) is 15.1. The number of aliphatic hydroxyl groups is 1. The van der Waals surface area contributed by atoms with Gasteiger partial charge in [0.25, 0.3) is 0 Å². The standard InChI is InChI=1S/C20H21NO/c1-21(2)12-19-11-15-13-7-3-5-9-16(13)20(19,22)17-10-6-4-8-14(17)18(15)19/h3-10,15,18,22H,11-12H2,1-2H3. The molecule has 1 fully saturated rings. The molecule has 1 saturated carbocycles. The predicted molar refractivity (Wildman–Crippen MR) is 87.0 cm³/mol. The van der Waals surface area contributed by atoms with Gasteiger partial charge in [0.2, 0.25) is 0 Å². The van der Waals surface area contributed by atoms with Crippen LogP contribution in [-0.4, -0.2) is 30.6 Å². The van der Waals surface area contributed by atoms with Crippen LogP contribution in [0.2, 0.25) is 0 Å². The highest BCUT2D eigenvalue weighted by atomic mass is 16.3. The van der Waals surface area contributed by atoms with Crippen LogP contribution >= 0.6 is 0 Å². The van der Waals surface area contributed by atoms with Crippen LogP contribution in [0, 0.1) is 5.41 Å². The van der Waals surface area contributed by atoms with Gasteiger partial charge in [0.05, 0.1) is 0 Å². The third-order valence-corrected chi connectivity index (χ3v) is 6.34. The average molecular weight is 291 g/mol. The molecule has 0 saturated heterocycles. The molecule has 4 bridgehead atoms. The van der Waals surface area contributed by atoms with Gasteiger partial charge in [-0.1, -0.05) is 48.5 Å². The van der Waals surface area contributed by atoms with Crippen molar-refractivity contribution in [3.05, 3.63) is 70.8 Å². The smallest absolute Gasteiger partial charge is 0.123 e. The fourth-order valence-electron chi connectivity index (χ4n) is 5.81. The zero-order valence-electron chi connectivity index (χ0n) is 13.1. The Labute approximate surface area is 131 Å².